The number of nitrogens with zero attached hydrogens (tertiary/aromatic N) is 1. The first-order chi connectivity index (χ1) is 16.4. The molecule has 3 aromatic carbocycles. The molecule has 0 saturated carbocycles. The van der Waals surface area contributed by atoms with Crippen LogP contribution in [-0.4, -0.2) is 29.8 Å². The monoisotopic (exact) mass is 460 g/mol. The summed E-state index contributed by atoms with van der Waals surface area (Å²) < 4.78 is 13.5. The third-order valence-electron chi connectivity index (χ3n) is 6.06. The van der Waals surface area contributed by atoms with Gasteiger partial charge in [0.25, 0.3) is 0 Å². The van der Waals surface area contributed by atoms with Gasteiger partial charge in [-0.1, -0.05) is 80.6 Å². The summed E-state index contributed by atoms with van der Waals surface area (Å²) >= 11 is 0. The zero-order valence-corrected chi connectivity index (χ0v) is 20.1. The number of hydrogen-bond donors (Lipinski definition) is 1. The number of carbonyl (C=O) groups excluding carboxylic acids is 2. The molecule has 0 heterocycles. The molecule has 178 valence electrons. The maximum atomic E-state index is 13.5. The topological polar surface area (TPSA) is 49.4 Å². The Morgan fingerprint density at radius 1 is 0.853 bits per heavy atom. The lowest BCUT2D eigenvalue weighted by atomic mass is 9.99. The van der Waals surface area contributed by atoms with Crippen LogP contribution in [0, 0.1) is 5.82 Å². The van der Waals surface area contributed by atoms with E-state index in [1.54, 1.807) is 24.1 Å². The van der Waals surface area contributed by atoms with Gasteiger partial charge in [-0.2, -0.15) is 0 Å². The zero-order chi connectivity index (χ0) is 24.5. The van der Waals surface area contributed by atoms with Gasteiger partial charge in [0.15, 0.2) is 0 Å². The molecule has 3 rings (SSSR count). The van der Waals surface area contributed by atoms with E-state index < -0.39 is 6.04 Å². The van der Waals surface area contributed by atoms with E-state index in [1.165, 1.54) is 17.7 Å². The molecule has 0 bridgehead atoms. The summed E-state index contributed by atoms with van der Waals surface area (Å²) in [4.78, 5) is 28.0. The number of nitrogens with one attached hydrogen (secondary N) is 1. The van der Waals surface area contributed by atoms with Crippen molar-refractivity contribution in [2.45, 2.75) is 51.6 Å². The van der Waals surface area contributed by atoms with Crippen molar-refractivity contribution in [2.24, 2.45) is 0 Å². The standard InChI is InChI=1S/C29H33FN2O2/c1-21(2)25-14-9-22(10-15-25)13-18-28(33)32(20-24-11-16-26(30)17-12-24)27(29(34)31-3)19-23-7-5-4-6-8-23/h4-12,14-17,21,27H,13,18-20H2,1-3H3,(H,31,34)/t27-/m1/s1. The Bertz CT molecular complexity index is 1060. The highest BCUT2D eigenvalue weighted by Gasteiger charge is 2.29. The molecule has 1 N–H and O–H groups in total. The minimum absolute atomic E-state index is 0.109. The van der Waals surface area contributed by atoms with Crippen LogP contribution in [0.1, 0.15) is 48.4 Å². The van der Waals surface area contributed by atoms with E-state index in [1.807, 2.05) is 30.3 Å². The van der Waals surface area contributed by atoms with E-state index in [9.17, 15) is 14.0 Å². The summed E-state index contributed by atoms with van der Waals surface area (Å²) in [7, 11) is 1.58. The van der Waals surface area contributed by atoms with Gasteiger partial charge in [-0.3, -0.25) is 9.59 Å². The average molecular weight is 461 g/mol. The fourth-order valence-electron chi connectivity index (χ4n) is 3.97. The van der Waals surface area contributed by atoms with Crippen molar-refractivity contribution in [3.63, 3.8) is 0 Å². The predicted octanol–water partition coefficient (Wildman–Crippen LogP) is 5.27. The fourth-order valence-corrected chi connectivity index (χ4v) is 3.97. The SMILES string of the molecule is CNC(=O)[C@@H](Cc1ccccc1)N(Cc1ccc(F)cc1)C(=O)CCc1ccc(C(C)C)cc1. The Balaban J connectivity index is 1.83. The van der Waals surface area contributed by atoms with Gasteiger partial charge in [-0.15, -0.1) is 0 Å². The van der Waals surface area contributed by atoms with Crippen LogP contribution in [0.5, 0.6) is 0 Å². The molecule has 4 nitrogen and oxygen atoms in total. The van der Waals surface area contributed by atoms with Crippen LogP contribution >= 0.6 is 0 Å². The van der Waals surface area contributed by atoms with Gasteiger partial charge >= 0.3 is 0 Å². The van der Waals surface area contributed by atoms with Crippen molar-refractivity contribution in [1.82, 2.24) is 10.2 Å². The van der Waals surface area contributed by atoms with E-state index in [0.29, 0.717) is 18.8 Å². The van der Waals surface area contributed by atoms with Gasteiger partial charge in [-0.25, -0.2) is 4.39 Å². The van der Waals surface area contributed by atoms with Crippen LogP contribution in [0.3, 0.4) is 0 Å². The molecule has 5 heteroatoms. The molecule has 0 aromatic heterocycles. The highest BCUT2D eigenvalue weighted by atomic mass is 19.1. The largest absolute Gasteiger partial charge is 0.357 e. The summed E-state index contributed by atoms with van der Waals surface area (Å²) in [6, 6.07) is 23.4. The molecule has 0 radical (unpaired) electrons. The van der Waals surface area contributed by atoms with E-state index in [-0.39, 0.29) is 30.6 Å². The number of carbonyl (C=O) groups is 2. The molecule has 0 aliphatic carbocycles. The van der Waals surface area contributed by atoms with Gasteiger partial charge in [0.05, 0.1) is 0 Å². The Labute approximate surface area is 201 Å². The predicted molar refractivity (Wildman–Crippen MR) is 134 cm³/mol. The summed E-state index contributed by atoms with van der Waals surface area (Å²) in [5.41, 5.74) is 4.09. The van der Waals surface area contributed by atoms with E-state index >= 15 is 0 Å². The second-order valence-electron chi connectivity index (χ2n) is 8.86. The highest BCUT2D eigenvalue weighted by Crippen LogP contribution is 2.19. The minimum atomic E-state index is -0.673. The lowest BCUT2D eigenvalue weighted by Crippen LogP contribution is -2.49. The highest BCUT2D eigenvalue weighted by molar-refractivity contribution is 5.88. The first kappa shape index (κ1) is 25.2. The van der Waals surface area contributed by atoms with E-state index in [4.69, 9.17) is 0 Å². The number of amides is 2. The number of hydrogen-bond acceptors (Lipinski definition) is 2. The summed E-state index contributed by atoms with van der Waals surface area (Å²) in [6.07, 6.45) is 1.27. The second kappa shape index (κ2) is 12.1. The normalized spacial score (nSPS) is 11.8. The number of likely N-dealkylation sites (N-methyl/N-ethyl adjacent to an activating group) is 1. The van der Waals surface area contributed by atoms with Crippen molar-refractivity contribution in [3.8, 4) is 0 Å². The first-order valence-electron chi connectivity index (χ1n) is 11.8. The Morgan fingerprint density at radius 2 is 1.47 bits per heavy atom. The Hall–Kier alpha value is -3.47. The maximum Gasteiger partial charge on any atom is 0.242 e. The number of aryl methyl sites for hydroxylation is 1. The third-order valence-corrected chi connectivity index (χ3v) is 6.06. The summed E-state index contributed by atoms with van der Waals surface area (Å²) in [5.74, 6) is -0.214. The number of rotatable bonds is 10. The molecule has 3 aromatic rings. The van der Waals surface area contributed by atoms with Gasteiger partial charge in [0.2, 0.25) is 11.8 Å². The molecule has 1 atom stereocenters. The molecule has 0 saturated heterocycles. The van der Waals surface area contributed by atoms with Gasteiger partial charge in [0.1, 0.15) is 11.9 Å². The van der Waals surface area contributed by atoms with Crippen molar-refractivity contribution < 1.29 is 14.0 Å². The molecular weight excluding hydrogens is 427 g/mol. The van der Waals surface area contributed by atoms with Gasteiger partial charge < -0.3 is 10.2 Å². The summed E-state index contributed by atoms with van der Waals surface area (Å²) in [5, 5.41) is 2.71. The lowest BCUT2D eigenvalue weighted by Gasteiger charge is -2.31. The molecule has 0 fully saturated rings. The maximum absolute atomic E-state index is 13.5. The molecule has 34 heavy (non-hydrogen) atoms. The summed E-state index contributed by atoms with van der Waals surface area (Å²) in [6.45, 7) is 4.53. The molecule has 2 amide bonds. The molecule has 0 aliphatic heterocycles. The number of benzene rings is 3. The van der Waals surface area contributed by atoms with Crippen LogP contribution in [0.4, 0.5) is 4.39 Å². The smallest absolute Gasteiger partial charge is 0.242 e. The molecule has 0 unspecified atom stereocenters. The van der Waals surface area contributed by atoms with Crippen LogP contribution in [-0.2, 0) is 29.0 Å². The Morgan fingerprint density at radius 3 is 2.06 bits per heavy atom. The van der Waals surface area contributed by atoms with Gasteiger partial charge in [0, 0.05) is 26.4 Å². The molecular formula is C29H33FN2O2. The van der Waals surface area contributed by atoms with Crippen LogP contribution in [0.15, 0.2) is 78.9 Å². The average Bonchev–Trinajstić information content (AvgIpc) is 2.86. The first-order valence-corrected chi connectivity index (χ1v) is 11.8. The quantitative estimate of drug-likeness (QED) is 0.448. The second-order valence-corrected chi connectivity index (χ2v) is 8.86. The van der Waals surface area contributed by atoms with E-state index in [2.05, 4.69) is 43.4 Å². The minimum Gasteiger partial charge on any atom is -0.357 e. The van der Waals surface area contributed by atoms with Crippen molar-refractivity contribution >= 4 is 11.8 Å². The van der Waals surface area contributed by atoms with Crippen molar-refractivity contribution in [2.75, 3.05) is 7.05 Å². The van der Waals surface area contributed by atoms with E-state index in [0.717, 1.165) is 16.7 Å². The van der Waals surface area contributed by atoms with Gasteiger partial charge in [-0.05, 0) is 46.7 Å². The van der Waals surface area contributed by atoms with Crippen LogP contribution < -0.4 is 5.32 Å². The molecule has 0 spiro atoms. The lowest BCUT2D eigenvalue weighted by molar-refractivity contribution is -0.141. The Kier molecular flexibility index (Phi) is 8.97. The number of halogens is 1. The van der Waals surface area contributed by atoms with Crippen molar-refractivity contribution in [1.29, 1.82) is 0 Å². The zero-order valence-electron chi connectivity index (χ0n) is 20.1. The fraction of sp³-hybridized carbons (Fsp3) is 0.310. The molecule has 0 aliphatic rings. The van der Waals surface area contributed by atoms with Crippen LogP contribution in [0.2, 0.25) is 0 Å². The van der Waals surface area contributed by atoms with Crippen molar-refractivity contribution in [3.05, 3.63) is 107 Å². The van der Waals surface area contributed by atoms with Crippen LogP contribution in [0.25, 0.3) is 0 Å². The third kappa shape index (κ3) is 7.01.